The molecule has 0 aliphatic carbocycles. The van der Waals surface area contributed by atoms with Gasteiger partial charge in [0.15, 0.2) is 11.0 Å². The number of carbonyl (C=O) groups is 3. The third kappa shape index (κ3) is 7.65. The molecule has 1 aliphatic rings. The fourth-order valence-electron chi connectivity index (χ4n) is 3.58. The number of piperazine rings is 1. The van der Waals surface area contributed by atoms with Gasteiger partial charge >= 0.3 is 0 Å². The van der Waals surface area contributed by atoms with Gasteiger partial charge in [0, 0.05) is 37.8 Å². The van der Waals surface area contributed by atoms with Gasteiger partial charge < -0.3 is 21.7 Å². The fraction of sp³-hybridized carbons (Fsp3) is 0.409. The molecule has 0 radical (unpaired) electrons. The van der Waals surface area contributed by atoms with Crippen LogP contribution in [-0.4, -0.2) is 77.1 Å². The number of nitrogens with one attached hydrogen (secondary N) is 1. The molecule has 1 aromatic heterocycles. The maximum Gasteiger partial charge on any atom is 0.240 e. The van der Waals surface area contributed by atoms with Crippen LogP contribution in [0.2, 0.25) is 0 Å². The molecule has 176 valence electrons. The molecule has 3 rings (SSSR count). The summed E-state index contributed by atoms with van der Waals surface area (Å²) >= 11 is 1.22. The van der Waals surface area contributed by atoms with Crippen LogP contribution in [0.5, 0.6) is 0 Å². The summed E-state index contributed by atoms with van der Waals surface area (Å²) < 4.78 is 0. The molecular weight excluding hydrogens is 442 g/mol. The van der Waals surface area contributed by atoms with Crippen molar-refractivity contribution in [2.45, 2.75) is 25.4 Å². The van der Waals surface area contributed by atoms with E-state index in [0.29, 0.717) is 44.0 Å². The van der Waals surface area contributed by atoms with Gasteiger partial charge in [0.05, 0.1) is 19.1 Å². The van der Waals surface area contributed by atoms with Gasteiger partial charge in [0.1, 0.15) is 0 Å². The van der Waals surface area contributed by atoms with Crippen LogP contribution in [0.1, 0.15) is 28.2 Å². The van der Waals surface area contributed by atoms with Crippen LogP contribution in [0.4, 0.5) is 0 Å². The van der Waals surface area contributed by atoms with E-state index < -0.39 is 6.04 Å². The van der Waals surface area contributed by atoms with Crippen LogP contribution < -0.4 is 16.8 Å². The van der Waals surface area contributed by atoms with E-state index in [0.717, 1.165) is 5.56 Å². The first kappa shape index (κ1) is 24.3. The third-order valence-electron chi connectivity index (χ3n) is 5.22. The van der Waals surface area contributed by atoms with Gasteiger partial charge in [-0.1, -0.05) is 30.3 Å². The quantitative estimate of drug-likeness (QED) is 0.184. The number of thiazole rings is 1. The van der Waals surface area contributed by atoms with E-state index in [-0.39, 0.29) is 36.6 Å². The highest BCUT2D eigenvalue weighted by atomic mass is 32.1. The lowest BCUT2D eigenvalue weighted by molar-refractivity contribution is -0.140. The highest BCUT2D eigenvalue weighted by molar-refractivity contribution is 7.11. The fourth-order valence-corrected chi connectivity index (χ4v) is 4.21. The number of carbonyl (C=O) groups excluding carboxylic acids is 3. The van der Waals surface area contributed by atoms with Crippen molar-refractivity contribution in [3.63, 3.8) is 0 Å². The summed E-state index contributed by atoms with van der Waals surface area (Å²) in [7, 11) is 0. The van der Waals surface area contributed by atoms with E-state index in [9.17, 15) is 14.4 Å². The highest BCUT2D eigenvalue weighted by Crippen LogP contribution is 2.12. The van der Waals surface area contributed by atoms with E-state index in [1.54, 1.807) is 11.6 Å². The van der Waals surface area contributed by atoms with Gasteiger partial charge in [-0.2, -0.15) is 0 Å². The van der Waals surface area contributed by atoms with Gasteiger partial charge in [0.2, 0.25) is 17.6 Å². The number of ketones is 1. The summed E-state index contributed by atoms with van der Waals surface area (Å²) in [5, 5.41) is 4.81. The summed E-state index contributed by atoms with van der Waals surface area (Å²) in [6, 6.07) is 9.19. The van der Waals surface area contributed by atoms with Crippen LogP contribution in [0.3, 0.4) is 0 Å². The van der Waals surface area contributed by atoms with E-state index >= 15 is 0 Å². The average molecular weight is 472 g/mol. The predicted octanol–water partition coefficient (Wildman–Crippen LogP) is 0.209. The SMILES string of the molecule is NC(N)=NCCC[C@H](NC(=O)CN1CCN(Cc2ccccc2)CC1=O)C(=O)c1nccs1. The molecule has 10 nitrogen and oxygen atoms in total. The molecule has 1 aliphatic heterocycles. The van der Waals surface area contributed by atoms with Gasteiger partial charge in [-0.15, -0.1) is 11.3 Å². The number of Topliss-reactive ketones (excluding diaryl/α,β-unsaturated/α-hetero) is 1. The lowest BCUT2D eigenvalue weighted by atomic mass is 10.1. The number of amides is 2. The first-order valence-corrected chi connectivity index (χ1v) is 11.6. The molecule has 11 heteroatoms. The third-order valence-corrected chi connectivity index (χ3v) is 6.01. The molecule has 1 saturated heterocycles. The standard InChI is InChI=1S/C22H29N7O3S/c23-22(24)26-8-4-7-17(20(32)21-25-9-12-33-21)27-18(30)14-29-11-10-28(15-19(29)31)13-16-5-2-1-3-6-16/h1-3,5-6,9,12,17H,4,7-8,10-11,13-15H2,(H,27,30)(H4,23,24,26)/t17-/m0/s1. The number of rotatable bonds is 11. The molecule has 0 bridgehead atoms. The zero-order valence-electron chi connectivity index (χ0n) is 18.4. The number of aromatic nitrogens is 1. The Morgan fingerprint density at radius 2 is 2.00 bits per heavy atom. The van der Waals surface area contributed by atoms with Gasteiger partial charge in [-0.25, -0.2) is 4.98 Å². The Bertz CT molecular complexity index is 962. The van der Waals surface area contributed by atoms with Crippen LogP contribution in [0.25, 0.3) is 0 Å². The van der Waals surface area contributed by atoms with E-state index in [1.807, 2.05) is 30.3 Å². The second kappa shape index (κ2) is 12.1. The van der Waals surface area contributed by atoms with E-state index in [2.05, 4.69) is 20.2 Å². The Balaban J connectivity index is 1.52. The summed E-state index contributed by atoms with van der Waals surface area (Å²) in [4.78, 5) is 49.7. The van der Waals surface area contributed by atoms with Crippen LogP contribution in [0, 0.1) is 0 Å². The smallest absolute Gasteiger partial charge is 0.240 e. The normalized spacial score (nSPS) is 15.2. The van der Waals surface area contributed by atoms with Crippen molar-refractivity contribution in [2.75, 3.05) is 32.7 Å². The first-order chi connectivity index (χ1) is 15.9. The topological polar surface area (TPSA) is 147 Å². The van der Waals surface area contributed by atoms with Crippen LogP contribution >= 0.6 is 11.3 Å². The Hall–Kier alpha value is -3.31. The van der Waals surface area contributed by atoms with E-state index in [1.165, 1.54) is 16.2 Å². The minimum absolute atomic E-state index is 0.0215. The van der Waals surface area contributed by atoms with Crippen LogP contribution in [-0.2, 0) is 16.1 Å². The number of aliphatic imine (C=N–C) groups is 1. The Labute approximate surface area is 196 Å². The molecule has 2 amide bonds. The zero-order valence-corrected chi connectivity index (χ0v) is 19.2. The second-order valence-corrected chi connectivity index (χ2v) is 8.68. The number of benzene rings is 1. The summed E-state index contributed by atoms with van der Waals surface area (Å²) in [6.07, 6.45) is 2.42. The van der Waals surface area contributed by atoms with Crippen molar-refractivity contribution in [2.24, 2.45) is 16.5 Å². The van der Waals surface area contributed by atoms with E-state index in [4.69, 9.17) is 11.5 Å². The highest BCUT2D eigenvalue weighted by Gasteiger charge is 2.28. The second-order valence-electron chi connectivity index (χ2n) is 7.78. The average Bonchev–Trinajstić information content (AvgIpc) is 3.33. The molecular formula is C22H29N7O3S. The van der Waals surface area contributed by atoms with Crippen molar-refractivity contribution in [1.82, 2.24) is 20.1 Å². The zero-order chi connectivity index (χ0) is 23.6. The molecule has 0 unspecified atom stereocenters. The Morgan fingerprint density at radius 3 is 2.67 bits per heavy atom. The predicted molar refractivity (Wildman–Crippen MR) is 127 cm³/mol. The first-order valence-electron chi connectivity index (χ1n) is 10.7. The molecule has 2 aromatic rings. The van der Waals surface area contributed by atoms with Crippen molar-refractivity contribution in [3.8, 4) is 0 Å². The van der Waals surface area contributed by atoms with Gasteiger partial charge in [-0.05, 0) is 18.4 Å². The number of guanidine groups is 1. The molecule has 1 fully saturated rings. The van der Waals surface area contributed by atoms with Gasteiger partial charge in [-0.3, -0.25) is 24.3 Å². The number of hydrogen-bond donors (Lipinski definition) is 3. The maximum absolute atomic E-state index is 12.8. The molecule has 0 spiro atoms. The molecule has 0 saturated carbocycles. The van der Waals surface area contributed by atoms with Crippen molar-refractivity contribution in [1.29, 1.82) is 0 Å². The lowest BCUT2D eigenvalue weighted by Gasteiger charge is -2.34. The summed E-state index contributed by atoms with van der Waals surface area (Å²) in [5.74, 6) is -0.770. The van der Waals surface area contributed by atoms with Gasteiger partial charge in [0.25, 0.3) is 0 Å². The molecule has 5 N–H and O–H groups in total. The maximum atomic E-state index is 12.8. The molecule has 2 heterocycles. The monoisotopic (exact) mass is 471 g/mol. The lowest BCUT2D eigenvalue weighted by Crippen LogP contribution is -2.54. The molecule has 33 heavy (non-hydrogen) atoms. The van der Waals surface area contributed by atoms with Crippen molar-refractivity contribution < 1.29 is 14.4 Å². The molecule has 1 atom stereocenters. The van der Waals surface area contributed by atoms with Crippen molar-refractivity contribution >= 4 is 34.9 Å². The summed E-state index contributed by atoms with van der Waals surface area (Å²) in [6.45, 7) is 2.33. The minimum Gasteiger partial charge on any atom is -0.370 e. The number of nitrogens with zero attached hydrogens (tertiary/aromatic N) is 4. The minimum atomic E-state index is -0.757. The van der Waals surface area contributed by atoms with Crippen LogP contribution in [0.15, 0.2) is 46.9 Å². The Kier molecular flexibility index (Phi) is 8.90. The number of hydrogen-bond acceptors (Lipinski definition) is 7. The molecule has 1 aromatic carbocycles. The largest absolute Gasteiger partial charge is 0.370 e. The number of nitrogens with two attached hydrogens (primary N) is 2. The Morgan fingerprint density at radius 1 is 1.21 bits per heavy atom. The summed E-state index contributed by atoms with van der Waals surface area (Å²) in [5.41, 5.74) is 11.8. The van der Waals surface area contributed by atoms with Crippen molar-refractivity contribution in [3.05, 3.63) is 52.5 Å².